The molecule has 1 aliphatic heterocycles. The molecule has 0 bridgehead atoms. The number of ether oxygens (including phenoxy) is 2. The molecule has 2 amide bonds. The van der Waals surface area contributed by atoms with E-state index in [1.54, 1.807) is 31.2 Å². The van der Waals surface area contributed by atoms with Gasteiger partial charge in [-0.25, -0.2) is 0 Å². The van der Waals surface area contributed by atoms with E-state index in [2.05, 4.69) is 5.32 Å². The Balaban J connectivity index is 1.86. The summed E-state index contributed by atoms with van der Waals surface area (Å²) < 4.78 is 10.8. The summed E-state index contributed by atoms with van der Waals surface area (Å²) in [5, 5.41) is 2.83. The van der Waals surface area contributed by atoms with Crippen molar-refractivity contribution in [3.8, 4) is 5.75 Å². The van der Waals surface area contributed by atoms with E-state index in [1.165, 1.54) is 7.11 Å². The molecule has 6 nitrogen and oxygen atoms in total. The molecule has 0 spiro atoms. The van der Waals surface area contributed by atoms with E-state index < -0.39 is 5.60 Å². The molecular weight excluding hydrogens is 308 g/mol. The van der Waals surface area contributed by atoms with Crippen LogP contribution in [-0.2, 0) is 14.3 Å². The smallest absolute Gasteiger partial charge is 0.260 e. The zero-order chi connectivity index (χ0) is 17.6. The lowest BCUT2D eigenvalue weighted by atomic mass is 10.0. The first-order valence-corrected chi connectivity index (χ1v) is 8.36. The van der Waals surface area contributed by atoms with Crippen LogP contribution in [0.5, 0.6) is 5.75 Å². The van der Waals surface area contributed by atoms with Gasteiger partial charge in [-0.3, -0.25) is 9.59 Å². The Morgan fingerprint density at radius 1 is 1.21 bits per heavy atom. The van der Waals surface area contributed by atoms with Gasteiger partial charge in [0.25, 0.3) is 11.8 Å². The van der Waals surface area contributed by atoms with E-state index in [1.807, 2.05) is 11.8 Å². The van der Waals surface area contributed by atoms with Gasteiger partial charge in [-0.15, -0.1) is 0 Å². The number of rotatable bonds is 7. The SMILES string of the molecule is CC[C@@](C)(OC)C(=O)Nc1ccc(OCC(=O)N2CCCC2)cc1. The molecule has 24 heavy (non-hydrogen) atoms. The van der Waals surface area contributed by atoms with Gasteiger partial charge in [-0.1, -0.05) is 6.92 Å². The number of anilines is 1. The zero-order valence-electron chi connectivity index (χ0n) is 14.6. The van der Waals surface area contributed by atoms with Gasteiger partial charge in [0.15, 0.2) is 6.61 Å². The number of amides is 2. The lowest BCUT2D eigenvalue weighted by Gasteiger charge is -2.25. The largest absolute Gasteiger partial charge is 0.484 e. The summed E-state index contributed by atoms with van der Waals surface area (Å²) in [7, 11) is 1.53. The van der Waals surface area contributed by atoms with E-state index in [9.17, 15) is 9.59 Å². The average Bonchev–Trinajstić information content (AvgIpc) is 3.14. The van der Waals surface area contributed by atoms with E-state index in [4.69, 9.17) is 9.47 Å². The van der Waals surface area contributed by atoms with Gasteiger partial charge in [-0.05, 0) is 50.5 Å². The minimum absolute atomic E-state index is 0.0173. The Bertz CT molecular complexity index is 561. The molecule has 2 rings (SSSR count). The van der Waals surface area contributed by atoms with Crippen molar-refractivity contribution in [1.82, 2.24) is 4.90 Å². The molecule has 1 saturated heterocycles. The Labute approximate surface area is 143 Å². The van der Waals surface area contributed by atoms with Crippen molar-refractivity contribution in [2.75, 3.05) is 32.1 Å². The van der Waals surface area contributed by atoms with Gasteiger partial charge < -0.3 is 19.7 Å². The van der Waals surface area contributed by atoms with Crippen molar-refractivity contribution in [2.24, 2.45) is 0 Å². The fraction of sp³-hybridized carbons (Fsp3) is 0.556. The maximum absolute atomic E-state index is 12.2. The quantitative estimate of drug-likeness (QED) is 0.832. The maximum atomic E-state index is 12.2. The highest BCUT2D eigenvalue weighted by molar-refractivity contribution is 5.97. The molecule has 1 heterocycles. The second-order valence-electron chi connectivity index (χ2n) is 6.14. The Morgan fingerprint density at radius 3 is 2.38 bits per heavy atom. The highest BCUT2D eigenvalue weighted by Gasteiger charge is 2.30. The summed E-state index contributed by atoms with van der Waals surface area (Å²) in [5.41, 5.74) is -0.188. The molecule has 1 N–H and O–H groups in total. The fourth-order valence-electron chi connectivity index (χ4n) is 2.50. The number of likely N-dealkylation sites (tertiary alicyclic amines) is 1. The molecule has 0 radical (unpaired) electrons. The van der Waals surface area contributed by atoms with Crippen LogP contribution < -0.4 is 10.1 Å². The number of hydrogen-bond donors (Lipinski definition) is 1. The molecular formula is C18H26N2O4. The zero-order valence-corrected chi connectivity index (χ0v) is 14.6. The van der Waals surface area contributed by atoms with Crippen LogP contribution in [0.2, 0.25) is 0 Å². The summed E-state index contributed by atoms with van der Waals surface area (Å²) in [6, 6.07) is 6.98. The van der Waals surface area contributed by atoms with E-state index >= 15 is 0 Å². The third-order valence-electron chi connectivity index (χ3n) is 4.54. The molecule has 1 aliphatic rings. The third kappa shape index (κ3) is 4.47. The van der Waals surface area contributed by atoms with Crippen molar-refractivity contribution in [2.45, 2.75) is 38.7 Å². The molecule has 6 heteroatoms. The fourth-order valence-corrected chi connectivity index (χ4v) is 2.50. The second-order valence-corrected chi connectivity index (χ2v) is 6.14. The molecule has 1 aromatic rings. The van der Waals surface area contributed by atoms with E-state index in [-0.39, 0.29) is 18.4 Å². The number of hydrogen-bond acceptors (Lipinski definition) is 4. The van der Waals surface area contributed by atoms with Crippen LogP contribution in [0.15, 0.2) is 24.3 Å². The average molecular weight is 334 g/mol. The van der Waals surface area contributed by atoms with Crippen molar-refractivity contribution in [1.29, 1.82) is 0 Å². The molecule has 0 saturated carbocycles. The number of carbonyl (C=O) groups is 2. The Hall–Kier alpha value is -2.08. The molecule has 1 fully saturated rings. The summed E-state index contributed by atoms with van der Waals surface area (Å²) in [5.74, 6) is 0.430. The lowest BCUT2D eigenvalue weighted by molar-refractivity contribution is -0.136. The lowest BCUT2D eigenvalue weighted by Crippen LogP contribution is -2.41. The minimum Gasteiger partial charge on any atom is -0.484 e. The Kier molecular flexibility index (Phi) is 6.20. The van der Waals surface area contributed by atoms with Crippen molar-refractivity contribution < 1.29 is 19.1 Å². The van der Waals surface area contributed by atoms with Crippen LogP contribution in [0.1, 0.15) is 33.1 Å². The van der Waals surface area contributed by atoms with Crippen molar-refractivity contribution >= 4 is 17.5 Å². The minimum atomic E-state index is -0.850. The first-order chi connectivity index (χ1) is 11.5. The molecule has 1 atom stereocenters. The standard InChI is InChI=1S/C18H26N2O4/c1-4-18(2,23-3)17(22)19-14-7-9-15(10-8-14)24-13-16(21)20-11-5-6-12-20/h7-10H,4-6,11-13H2,1-3H3,(H,19,22)/t18-/m1/s1. The topological polar surface area (TPSA) is 67.9 Å². The third-order valence-corrected chi connectivity index (χ3v) is 4.54. The van der Waals surface area contributed by atoms with E-state index in [0.717, 1.165) is 25.9 Å². The summed E-state index contributed by atoms with van der Waals surface area (Å²) in [4.78, 5) is 26.0. The van der Waals surface area contributed by atoms with Gasteiger partial charge >= 0.3 is 0 Å². The molecule has 0 aromatic heterocycles. The first-order valence-electron chi connectivity index (χ1n) is 8.36. The van der Waals surface area contributed by atoms with Crippen LogP contribution in [0.4, 0.5) is 5.69 Å². The van der Waals surface area contributed by atoms with Crippen LogP contribution >= 0.6 is 0 Å². The summed E-state index contributed by atoms with van der Waals surface area (Å²) in [6.07, 6.45) is 2.71. The molecule has 132 valence electrons. The number of benzene rings is 1. The van der Waals surface area contributed by atoms with Gasteiger partial charge in [0.05, 0.1) is 0 Å². The monoisotopic (exact) mass is 334 g/mol. The van der Waals surface area contributed by atoms with Crippen LogP contribution in [0.3, 0.4) is 0 Å². The molecule has 1 aromatic carbocycles. The summed E-state index contributed by atoms with van der Waals surface area (Å²) in [6.45, 7) is 5.34. The van der Waals surface area contributed by atoms with Crippen LogP contribution in [0.25, 0.3) is 0 Å². The van der Waals surface area contributed by atoms with Crippen LogP contribution in [-0.4, -0.2) is 49.1 Å². The van der Waals surface area contributed by atoms with E-state index in [0.29, 0.717) is 17.9 Å². The number of nitrogens with zero attached hydrogens (tertiary/aromatic N) is 1. The maximum Gasteiger partial charge on any atom is 0.260 e. The van der Waals surface area contributed by atoms with Gasteiger partial charge in [0, 0.05) is 25.9 Å². The highest BCUT2D eigenvalue weighted by atomic mass is 16.5. The predicted molar refractivity (Wildman–Crippen MR) is 92.1 cm³/mol. The normalized spacial score (nSPS) is 16.5. The highest BCUT2D eigenvalue weighted by Crippen LogP contribution is 2.20. The van der Waals surface area contributed by atoms with Crippen molar-refractivity contribution in [3.05, 3.63) is 24.3 Å². The summed E-state index contributed by atoms with van der Waals surface area (Å²) >= 11 is 0. The number of methoxy groups -OCH3 is 1. The number of nitrogens with one attached hydrogen (secondary N) is 1. The molecule has 0 unspecified atom stereocenters. The van der Waals surface area contributed by atoms with Gasteiger partial charge in [-0.2, -0.15) is 0 Å². The number of carbonyl (C=O) groups excluding carboxylic acids is 2. The van der Waals surface area contributed by atoms with Crippen molar-refractivity contribution in [3.63, 3.8) is 0 Å². The first kappa shape index (κ1) is 18.3. The van der Waals surface area contributed by atoms with Crippen LogP contribution in [0, 0.1) is 0 Å². The second kappa shape index (κ2) is 8.15. The van der Waals surface area contributed by atoms with Gasteiger partial charge in [0.2, 0.25) is 0 Å². The van der Waals surface area contributed by atoms with Gasteiger partial charge in [0.1, 0.15) is 11.4 Å². The molecule has 0 aliphatic carbocycles. The predicted octanol–water partition coefficient (Wildman–Crippen LogP) is 2.44. The Morgan fingerprint density at radius 2 is 1.83 bits per heavy atom.